The monoisotopic (exact) mass is 210 g/mol. The lowest BCUT2D eigenvalue weighted by molar-refractivity contribution is -0.143. The van der Waals surface area contributed by atoms with Gasteiger partial charge in [-0.1, -0.05) is 13.8 Å². The van der Waals surface area contributed by atoms with Crippen LogP contribution >= 0.6 is 0 Å². The molecule has 1 fully saturated rings. The zero-order valence-electron chi connectivity index (χ0n) is 8.94. The van der Waals surface area contributed by atoms with E-state index >= 15 is 0 Å². The van der Waals surface area contributed by atoms with Gasteiger partial charge >= 0.3 is 5.97 Å². The molecule has 2 atom stereocenters. The maximum Gasteiger partial charge on any atom is 0.309 e. The molecular weight excluding hydrogens is 196 g/mol. The second kappa shape index (κ2) is 2.95. The van der Waals surface area contributed by atoms with Gasteiger partial charge in [0.1, 0.15) is 5.82 Å². The highest BCUT2D eigenvalue weighted by molar-refractivity contribution is 5.79. The molecule has 1 heterocycles. The van der Waals surface area contributed by atoms with Crippen LogP contribution in [0.15, 0.2) is 0 Å². The summed E-state index contributed by atoms with van der Waals surface area (Å²) in [6.07, 6.45) is 0. The number of methoxy groups -OCH3 is 1. The van der Waals surface area contributed by atoms with Gasteiger partial charge in [0.05, 0.1) is 13.0 Å². The number of H-pyrrole nitrogens is 1. The van der Waals surface area contributed by atoms with Crippen molar-refractivity contribution in [3.8, 4) is 0 Å². The van der Waals surface area contributed by atoms with E-state index in [-0.39, 0.29) is 29.2 Å². The lowest BCUT2D eigenvalue weighted by atomic mass is 10.1. The first-order valence-corrected chi connectivity index (χ1v) is 4.74. The predicted octanol–water partition coefficient (Wildman–Crippen LogP) is 0.299. The van der Waals surface area contributed by atoms with Crippen molar-refractivity contribution in [3.05, 3.63) is 5.82 Å². The first-order chi connectivity index (χ1) is 6.98. The zero-order chi connectivity index (χ0) is 11.2. The SMILES string of the molecule is COC(=O)[C@@H]1[C@H](c2nc(N)n[nH]2)C1(C)C. The number of esters is 1. The van der Waals surface area contributed by atoms with Crippen molar-refractivity contribution in [1.29, 1.82) is 0 Å². The number of nitrogens with two attached hydrogens (primary N) is 1. The van der Waals surface area contributed by atoms with Gasteiger partial charge in [-0.05, 0) is 5.41 Å². The molecule has 2 rings (SSSR count). The molecule has 1 saturated carbocycles. The number of nitrogen functional groups attached to an aromatic ring is 1. The highest BCUT2D eigenvalue weighted by Crippen LogP contribution is 2.63. The molecule has 6 nitrogen and oxygen atoms in total. The Morgan fingerprint density at radius 3 is 2.73 bits per heavy atom. The molecule has 0 unspecified atom stereocenters. The topological polar surface area (TPSA) is 93.9 Å². The quantitative estimate of drug-likeness (QED) is 0.684. The van der Waals surface area contributed by atoms with Crippen LogP contribution in [0.5, 0.6) is 0 Å². The summed E-state index contributed by atoms with van der Waals surface area (Å²) in [5, 5.41) is 6.49. The van der Waals surface area contributed by atoms with E-state index in [0.717, 1.165) is 0 Å². The average molecular weight is 210 g/mol. The summed E-state index contributed by atoms with van der Waals surface area (Å²) >= 11 is 0. The summed E-state index contributed by atoms with van der Waals surface area (Å²) in [5.41, 5.74) is 5.28. The van der Waals surface area contributed by atoms with Crippen molar-refractivity contribution >= 4 is 11.9 Å². The van der Waals surface area contributed by atoms with Crippen molar-refractivity contribution in [1.82, 2.24) is 15.2 Å². The Bertz CT molecular complexity index is 399. The number of rotatable bonds is 2. The van der Waals surface area contributed by atoms with Crippen LogP contribution in [0.4, 0.5) is 5.95 Å². The first-order valence-electron chi connectivity index (χ1n) is 4.74. The van der Waals surface area contributed by atoms with Crippen molar-refractivity contribution in [2.75, 3.05) is 12.8 Å². The summed E-state index contributed by atoms with van der Waals surface area (Å²) in [6, 6.07) is 0. The molecule has 3 N–H and O–H groups in total. The van der Waals surface area contributed by atoms with Crippen molar-refractivity contribution in [2.24, 2.45) is 11.3 Å². The molecule has 0 saturated heterocycles. The molecule has 0 aliphatic heterocycles. The molecule has 6 heteroatoms. The molecule has 1 aromatic rings. The molecule has 0 spiro atoms. The van der Waals surface area contributed by atoms with Crippen LogP contribution in [0.25, 0.3) is 0 Å². The number of nitrogens with one attached hydrogen (secondary N) is 1. The molecule has 0 bridgehead atoms. The van der Waals surface area contributed by atoms with Crippen LogP contribution in [-0.4, -0.2) is 28.3 Å². The van der Waals surface area contributed by atoms with Crippen molar-refractivity contribution < 1.29 is 9.53 Å². The second-order valence-electron chi connectivity index (χ2n) is 4.38. The normalized spacial score (nSPS) is 27.4. The van der Waals surface area contributed by atoms with E-state index in [1.807, 2.05) is 13.8 Å². The fourth-order valence-corrected chi connectivity index (χ4v) is 2.14. The molecular formula is C9H14N4O2. The maximum atomic E-state index is 11.5. The Morgan fingerprint density at radius 2 is 2.27 bits per heavy atom. The summed E-state index contributed by atoms with van der Waals surface area (Å²) in [6.45, 7) is 4.00. The van der Waals surface area contributed by atoms with Crippen molar-refractivity contribution in [3.63, 3.8) is 0 Å². The molecule has 15 heavy (non-hydrogen) atoms. The molecule has 1 aliphatic carbocycles. The Kier molecular flexibility index (Phi) is 1.95. The van der Waals surface area contributed by atoms with Gasteiger partial charge in [0.25, 0.3) is 0 Å². The van der Waals surface area contributed by atoms with Crippen LogP contribution in [0.3, 0.4) is 0 Å². The largest absolute Gasteiger partial charge is 0.469 e. The minimum absolute atomic E-state index is 0.0229. The van der Waals surface area contributed by atoms with Gasteiger partial charge in [-0.2, -0.15) is 4.98 Å². The van der Waals surface area contributed by atoms with Gasteiger partial charge in [0.15, 0.2) is 0 Å². The van der Waals surface area contributed by atoms with Gasteiger partial charge in [0, 0.05) is 5.92 Å². The van der Waals surface area contributed by atoms with Gasteiger partial charge in [-0.3, -0.25) is 9.89 Å². The Labute approximate surface area is 87.2 Å². The highest BCUT2D eigenvalue weighted by atomic mass is 16.5. The number of carbonyl (C=O) groups is 1. The Morgan fingerprint density at radius 1 is 1.60 bits per heavy atom. The van der Waals surface area contributed by atoms with E-state index in [0.29, 0.717) is 5.82 Å². The number of ether oxygens (including phenoxy) is 1. The third-order valence-electron chi connectivity index (χ3n) is 3.10. The molecule has 0 amide bonds. The number of nitrogens with zero attached hydrogens (tertiary/aromatic N) is 2. The molecule has 0 radical (unpaired) electrons. The van der Waals surface area contributed by atoms with Crippen LogP contribution in [-0.2, 0) is 9.53 Å². The van der Waals surface area contributed by atoms with E-state index in [9.17, 15) is 4.79 Å². The fraction of sp³-hybridized carbons (Fsp3) is 0.667. The number of hydrogen-bond donors (Lipinski definition) is 2. The number of hydrogen-bond acceptors (Lipinski definition) is 5. The molecule has 82 valence electrons. The third-order valence-corrected chi connectivity index (χ3v) is 3.10. The van der Waals surface area contributed by atoms with E-state index in [1.54, 1.807) is 0 Å². The first kappa shape index (κ1) is 9.95. The second-order valence-corrected chi connectivity index (χ2v) is 4.38. The minimum Gasteiger partial charge on any atom is -0.469 e. The van der Waals surface area contributed by atoms with Gasteiger partial charge < -0.3 is 10.5 Å². The summed E-state index contributed by atoms with van der Waals surface area (Å²) in [7, 11) is 1.39. The minimum atomic E-state index is -0.208. The summed E-state index contributed by atoms with van der Waals surface area (Å²) in [5.74, 6) is 0.522. The number of aromatic amines is 1. The van der Waals surface area contributed by atoms with Crippen LogP contribution in [0.2, 0.25) is 0 Å². The van der Waals surface area contributed by atoms with Gasteiger partial charge in [0.2, 0.25) is 5.95 Å². The van der Waals surface area contributed by atoms with Crippen molar-refractivity contribution in [2.45, 2.75) is 19.8 Å². The third kappa shape index (κ3) is 1.36. The highest BCUT2D eigenvalue weighted by Gasteiger charge is 2.64. The van der Waals surface area contributed by atoms with E-state index in [2.05, 4.69) is 15.2 Å². The Hall–Kier alpha value is -1.59. The molecule has 1 aromatic heterocycles. The van der Waals surface area contributed by atoms with Crippen LogP contribution in [0, 0.1) is 11.3 Å². The van der Waals surface area contributed by atoms with Crippen LogP contribution in [0.1, 0.15) is 25.6 Å². The Balaban J connectivity index is 2.23. The lowest BCUT2D eigenvalue weighted by Crippen LogP contribution is -2.07. The van der Waals surface area contributed by atoms with Gasteiger partial charge in [-0.25, -0.2) is 0 Å². The molecule has 1 aliphatic rings. The lowest BCUT2D eigenvalue weighted by Gasteiger charge is -1.98. The van der Waals surface area contributed by atoms with E-state index < -0.39 is 0 Å². The molecule has 0 aromatic carbocycles. The fourth-order valence-electron chi connectivity index (χ4n) is 2.14. The summed E-state index contributed by atoms with van der Waals surface area (Å²) in [4.78, 5) is 15.5. The average Bonchev–Trinajstić information content (AvgIpc) is 2.55. The number of carbonyl (C=O) groups excluding carboxylic acids is 1. The van der Waals surface area contributed by atoms with E-state index in [4.69, 9.17) is 10.5 Å². The number of aromatic nitrogens is 3. The van der Waals surface area contributed by atoms with Gasteiger partial charge in [-0.15, -0.1) is 5.10 Å². The number of anilines is 1. The van der Waals surface area contributed by atoms with E-state index in [1.165, 1.54) is 7.11 Å². The maximum absolute atomic E-state index is 11.5. The standard InChI is InChI=1S/C9H14N4O2/c1-9(2)4(5(9)7(14)15-3)6-11-8(10)13-12-6/h4-5H,1-3H3,(H3,10,11,12,13)/t4-,5+/m1/s1. The predicted molar refractivity (Wildman–Crippen MR) is 52.8 cm³/mol. The zero-order valence-corrected chi connectivity index (χ0v) is 8.94. The smallest absolute Gasteiger partial charge is 0.309 e. The van der Waals surface area contributed by atoms with Crippen LogP contribution < -0.4 is 5.73 Å². The summed E-state index contributed by atoms with van der Waals surface area (Å²) < 4.78 is 4.74.